The summed E-state index contributed by atoms with van der Waals surface area (Å²) >= 11 is 0. The third-order valence-corrected chi connectivity index (χ3v) is 4.47. The quantitative estimate of drug-likeness (QED) is 0.371. The average molecular weight is 284 g/mol. The topological polar surface area (TPSA) is 61.4 Å². The number of rotatable bonds is 9. The van der Waals surface area contributed by atoms with E-state index in [1.807, 2.05) is 37.3 Å². The maximum absolute atomic E-state index is 12.2. The molecule has 5 heteroatoms. The number of anilines is 1. The van der Waals surface area contributed by atoms with Crippen LogP contribution in [0.4, 0.5) is 5.69 Å². The number of hydrogen-bond acceptors (Lipinski definition) is 3. The number of nitrogens with one attached hydrogen (secondary N) is 2. The van der Waals surface area contributed by atoms with Gasteiger partial charge >= 0.3 is 0 Å². The minimum absolute atomic E-state index is 0.117. The van der Waals surface area contributed by atoms with Gasteiger partial charge < -0.3 is 9.93 Å². The smallest absolute Gasteiger partial charge is 0.0456 e. The molecule has 2 unspecified atom stereocenters. The van der Waals surface area contributed by atoms with E-state index in [9.17, 15) is 4.21 Å². The van der Waals surface area contributed by atoms with Crippen LogP contribution in [0.2, 0.25) is 0 Å². The lowest BCUT2D eigenvalue weighted by atomic mass is 10.1. The number of para-hydroxylation sites is 1. The molecular formula is C14H24N2O2S. The van der Waals surface area contributed by atoms with Crippen molar-refractivity contribution in [2.45, 2.75) is 38.6 Å². The second-order valence-electron chi connectivity index (χ2n) is 4.86. The van der Waals surface area contributed by atoms with Crippen LogP contribution in [0.3, 0.4) is 0 Å². The molecular weight excluding hydrogens is 260 g/mol. The zero-order valence-electron chi connectivity index (χ0n) is 11.5. The van der Waals surface area contributed by atoms with Gasteiger partial charge in [0.15, 0.2) is 0 Å². The molecule has 0 aromatic heterocycles. The van der Waals surface area contributed by atoms with Gasteiger partial charge in [0.1, 0.15) is 0 Å². The van der Waals surface area contributed by atoms with Gasteiger partial charge in [0.2, 0.25) is 0 Å². The molecule has 1 aromatic carbocycles. The molecule has 0 aliphatic carbocycles. The molecule has 3 N–H and O–H groups in total. The lowest BCUT2D eigenvalue weighted by Gasteiger charge is -2.13. The standard InChI is InChI=1S/C14H24N2O2S/c1-13(15-17)9-5-4-8-12-19(2,18)16-14-10-6-3-7-11-14/h3,6-7,10-11,13,15,17H,2,4-5,8-9,12H2,1H3,(H,16,18). The van der Waals surface area contributed by atoms with Crippen LogP contribution in [-0.2, 0) is 9.71 Å². The van der Waals surface area contributed by atoms with Crippen LogP contribution in [0.5, 0.6) is 0 Å². The fraction of sp³-hybridized carbons (Fsp3) is 0.500. The van der Waals surface area contributed by atoms with E-state index in [1.165, 1.54) is 0 Å². The van der Waals surface area contributed by atoms with Crippen molar-refractivity contribution < 1.29 is 9.42 Å². The van der Waals surface area contributed by atoms with Crippen LogP contribution < -0.4 is 10.2 Å². The van der Waals surface area contributed by atoms with Crippen molar-refractivity contribution >= 4 is 21.3 Å². The van der Waals surface area contributed by atoms with Crippen molar-refractivity contribution in [3.63, 3.8) is 0 Å². The van der Waals surface area contributed by atoms with Crippen LogP contribution in [0.1, 0.15) is 32.6 Å². The Morgan fingerprint density at radius 1 is 1.26 bits per heavy atom. The highest BCUT2D eigenvalue weighted by atomic mass is 32.2. The normalized spacial score (nSPS) is 15.7. The number of hydrogen-bond donors (Lipinski definition) is 3. The van der Waals surface area contributed by atoms with Crippen LogP contribution in [0.15, 0.2) is 30.3 Å². The monoisotopic (exact) mass is 284 g/mol. The van der Waals surface area contributed by atoms with E-state index in [1.54, 1.807) is 0 Å². The molecule has 0 spiro atoms. The molecule has 4 nitrogen and oxygen atoms in total. The Morgan fingerprint density at radius 3 is 2.58 bits per heavy atom. The zero-order valence-corrected chi connectivity index (χ0v) is 12.3. The van der Waals surface area contributed by atoms with Gasteiger partial charge in [-0.15, -0.1) is 0 Å². The summed E-state index contributed by atoms with van der Waals surface area (Å²) in [6.45, 7) is 1.93. The van der Waals surface area contributed by atoms with E-state index in [2.05, 4.69) is 16.1 Å². The molecule has 108 valence electrons. The van der Waals surface area contributed by atoms with Crippen LogP contribution in [0, 0.1) is 0 Å². The molecule has 0 amide bonds. The molecule has 0 fully saturated rings. The number of hydroxylamine groups is 1. The van der Waals surface area contributed by atoms with Crippen molar-refractivity contribution in [3.8, 4) is 0 Å². The molecule has 0 aliphatic rings. The lowest BCUT2D eigenvalue weighted by Crippen LogP contribution is -2.21. The van der Waals surface area contributed by atoms with E-state index >= 15 is 0 Å². The van der Waals surface area contributed by atoms with Crippen molar-refractivity contribution in [1.82, 2.24) is 5.48 Å². The van der Waals surface area contributed by atoms with Gasteiger partial charge in [-0.2, -0.15) is 0 Å². The molecule has 0 bridgehead atoms. The SMILES string of the molecule is C=S(=O)(CCCCCC(C)NO)Nc1ccccc1. The van der Waals surface area contributed by atoms with Crippen molar-refractivity contribution in [1.29, 1.82) is 0 Å². The molecule has 0 saturated carbocycles. The third-order valence-electron chi connectivity index (χ3n) is 2.91. The second-order valence-corrected chi connectivity index (χ2v) is 7.10. The Bertz CT molecular complexity index is 446. The van der Waals surface area contributed by atoms with E-state index in [0.29, 0.717) is 5.75 Å². The molecule has 2 atom stereocenters. The second kappa shape index (κ2) is 8.19. The van der Waals surface area contributed by atoms with Crippen LogP contribution in [0.25, 0.3) is 0 Å². The first-order valence-electron chi connectivity index (χ1n) is 6.61. The number of benzene rings is 1. The summed E-state index contributed by atoms with van der Waals surface area (Å²) in [5, 5.41) is 8.67. The van der Waals surface area contributed by atoms with Crippen molar-refractivity contribution in [2.75, 3.05) is 10.5 Å². The molecule has 0 heterocycles. The van der Waals surface area contributed by atoms with Gasteiger partial charge in [-0.25, -0.2) is 9.69 Å². The predicted octanol–water partition coefficient (Wildman–Crippen LogP) is 2.66. The van der Waals surface area contributed by atoms with Gasteiger partial charge in [0, 0.05) is 27.2 Å². The van der Waals surface area contributed by atoms with Gasteiger partial charge in [-0.05, 0) is 37.8 Å². The van der Waals surface area contributed by atoms with Crippen LogP contribution in [-0.4, -0.2) is 27.1 Å². The molecule has 1 rings (SSSR count). The first-order chi connectivity index (χ1) is 9.03. The van der Waals surface area contributed by atoms with Crippen molar-refractivity contribution in [3.05, 3.63) is 30.3 Å². The lowest BCUT2D eigenvalue weighted by molar-refractivity contribution is 0.127. The molecule has 1 aromatic rings. The van der Waals surface area contributed by atoms with E-state index < -0.39 is 9.71 Å². The summed E-state index contributed by atoms with van der Waals surface area (Å²) in [6, 6.07) is 9.62. The summed E-state index contributed by atoms with van der Waals surface area (Å²) in [5.41, 5.74) is 3.07. The Balaban J connectivity index is 2.24. The summed E-state index contributed by atoms with van der Waals surface area (Å²) in [6.07, 6.45) is 3.80. The summed E-state index contributed by atoms with van der Waals surface area (Å²) in [7, 11) is -2.26. The Hall–Kier alpha value is -1.04. The minimum Gasteiger partial charge on any atom is -0.317 e. The fourth-order valence-electron chi connectivity index (χ4n) is 1.80. The Kier molecular flexibility index (Phi) is 6.91. The Labute approximate surface area is 116 Å². The van der Waals surface area contributed by atoms with E-state index in [4.69, 9.17) is 5.21 Å². The summed E-state index contributed by atoms with van der Waals surface area (Å²) in [4.78, 5) is 0. The van der Waals surface area contributed by atoms with Crippen LogP contribution >= 0.6 is 0 Å². The highest BCUT2D eigenvalue weighted by Crippen LogP contribution is 2.10. The van der Waals surface area contributed by atoms with E-state index in [0.717, 1.165) is 31.4 Å². The maximum atomic E-state index is 12.2. The van der Waals surface area contributed by atoms with Gasteiger partial charge in [-0.3, -0.25) is 0 Å². The first kappa shape index (κ1) is 16.0. The largest absolute Gasteiger partial charge is 0.317 e. The van der Waals surface area contributed by atoms with E-state index in [-0.39, 0.29) is 6.04 Å². The molecule has 19 heavy (non-hydrogen) atoms. The van der Waals surface area contributed by atoms with Gasteiger partial charge in [0.05, 0.1) is 0 Å². The van der Waals surface area contributed by atoms with Gasteiger partial charge in [0.25, 0.3) is 0 Å². The summed E-state index contributed by atoms with van der Waals surface area (Å²) < 4.78 is 15.2. The minimum atomic E-state index is -2.26. The highest BCUT2D eigenvalue weighted by molar-refractivity contribution is 8.01. The Morgan fingerprint density at radius 2 is 1.95 bits per heavy atom. The number of unbranched alkanes of at least 4 members (excludes halogenated alkanes) is 2. The fourth-order valence-corrected chi connectivity index (χ4v) is 3.14. The molecule has 0 radical (unpaired) electrons. The zero-order chi connectivity index (χ0) is 14.1. The van der Waals surface area contributed by atoms with Gasteiger partial charge in [-0.1, -0.05) is 31.0 Å². The predicted molar refractivity (Wildman–Crippen MR) is 83.0 cm³/mol. The molecule has 0 aliphatic heterocycles. The highest BCUT2D eigenvalue weighted by Gasteiger charge is 2.04. The third kappa shape index (κ3) is 7.20. The maximum Gasteiger partial charge on any atom is 0.0456 e. The summed E-state index contributed by atoms with van der Waals surface area (Å²) in [5.74, 6) is 4.35. The van der Waals surface area contributed by atoms with Crippen molar-refractivity contribution in [2.24, 2.45) is 0 Å². The molecule has 0 saturated heterocycles. The average Bonchev–Trinajstić information content (AvgIpc) is 2.38. The first-order valence-corrected chi connectivity index (χ1v) is 8.50.